The molecule has 1 amide bonds. The largest absolute Gasteiger partial charge is 0.493 e. The van der Waals surface area contributed by atoms with E-state index in [0.717, 1.165) is 5.56 Å². The number of amides is 1. The molecule has 0 aliphatic rings. The first kappa shape index (κ1) is 19.1. The second-order valence-electron chi connectivity index (χ2n) is 5.30. The fourth-order valence-electron chi connectivity index (χ4n) is 2.12. The summed E-state index contributed by atoms with van der Waals surface area (Å²) in [5.41, 5.74) is 0.908. The zero-order valence-electron chi connectivity index (χ0n) is 14.9. The van der Waals surface area contributed by atoms with Crippen LogP contribution in [0.4, 0.5) is 0 Å². The van der Waals surface area contributed by atoms with Gasteiger partial charge in [-0.2, -0.15) is 0 Å². The van der Waals surface area contributed by atoms with Crippen molar-refractivity contribution in [1.82, 2.24) is 5.32 Å². The van der Waals surface area contributed by atoms with E-state index in [2.05, 4.69) is 10.1 Å². The lowest BCUT2D eigenvalue weighted by Gasteiger charge is -2.10. The number of methoxy groups -OCH3 is 2. The molecule has 0 aliphatic carbocycles. The van der Waals surface area contributed by atoms with E-state index in [-0.39, 0.29) is 18.3 Å². The van der Waals surface area contributed by atoms with Gasteiger partial charge in [0.15, 0.2) is 11.5 Å². The van der Waals surface area contributed by atoms with Crippen LogP contribution in [-0.2, 0) is 16.1 Å². The summed E-state index contributed by atoms with van der Waals surface area (Å²) in [7, 11) is 2.84. The van der Waals surface area contributed by atoms with Gasteiger partial charge in [0.1, 0.15) is 12.4 Å². The number of carbonyl (C=O) groups is 2. The number of nitrogens with one attached hydrogen (secondary N) is 1. The van der Waals surface area contributed by atoms with Crippen molar-refractivity contribution in [2.45, 2.75) is 13.5 Å². The zero-order valence-corrected chi connectivity index (χ0v) is 14.9. The Labute approximate surface area is 151 Å². The standard InChI is InChI=1S/C19H21NO6/c1-13(21)20-10-4-5-14-6-8-16(18(11-14)23-2)25-12-15-7-9-17(26-15)19(22)24-3/h4-9,11H,10,12H2,1-3H3,(H,20,21). The van der Waals surface area contributed by atoms with Crippen LogP contribution in [0.2, 0.25) is 0 Å². The third-order valence-corrected chi connectivity index (χ3v) is 3.39. The van der Waals surface area contributed by atoms with Crippen LogP contribution in [0.1, 0.15) is 28.8 Å². The maximum atomic E-state index is 11.4. The number of benzene rings is 1. The monoisotopic (exact) mass is 359 g/mol. The minimum Gasteiger partial charge on any atom is -0.493 e. The van der Waals surface area contributed by atoms with Gasteiger partial charge in [-0.1, -0.05) is 18.2 Å². The van der Waals surface area contributed by atoms with E-state index in [1.807, 2.05) is 24.3 Å². The first-order valence-electron chi connectivity index (χ1n) is 7.92. The minimum atomic E-state index is -0.538. The highest BCUT2D eigenvalue weighted by molar-refractivity contribution is 5.86. The molecule has 1 aromatic carbocycles. The van der Waals surface area contributed by atoms with Gasteiger partial charge in [0, 0.05) is 13.5 Å². The van der Waals surface area contributed by atoms with E-state index >= 15 is 0 Å². The van der Waals surface area contributed by atoms with Crippen LogP contribution in [0, 0.1) is 0 Å². The first-order chi connectivity index (χ1) is 12.5. The van der Waals surface area contributed by atoms with Gasteiger partial charge in [0.25, 0.3) is 0 Å². The third kappa shape index (κ3) is 5.41. The summed E-state index contributed by atoms with van der Waals surface area (Å²) in [6.45, 7) is 2.07. The van der Waals surface area contributed by atoms with E-state index in [0.29, 0.717) is 23.8 Å². The van der Waals surface area contributed by atoms with Gasteiger partial charge in [-0.3, -0.25) is 4.79 Å². The smallest absolute Gasteiger partial charge is 0.373 e. The summed E-state index contributed by atoms with van der Waals surface area (Å²) in [5, 5.41) is 2.68. The molecule has 0 bridgehead atoms. The molecule has 7 nitrogen and oxygen atoms in total. The van der Waals surface area contributed by atoms with Crippen LogP contribution < -0.4 is 14.8 Å². The maximum Gasteiger partial charge on any atom is 0.373 e. The van der Waals surface area contributed by atoms with Gasteiger partial charge < -0.3 is 23.9 Å². The molecule has 0 spiro atoms. The van der Waals surface area contributed by atoms with E-state index < -0.39 is 5.97 Å². The van der Waals surface area contributed by atoms with Crippen molar-refractivity contribution >= 4 is 18.0 Å². The molecule has 2 aromatic rings. The van der Waals surface area contributed by atoms with Crippen molar-refractivity contribution in [3.05, 3.63) is 53.5 Å². The van der Waals surface area contributed by atoms with Gasteiger partial charge >= 0.3 is 5.97 Å². The number of esters is 1. The molecule has 1 aromatic heterocycles. The molecular formula is C19H21NO6. The molecule has 7 heteroatoms. The van der Waals surface area contributed by atoms with Crippen LogP contribution in [0.15, 0.2) is 40.8 Å². The van der Waals surface area contributed by atoms with Crippen molar-refractivity contribution in [2.75, 3.05) is 20.8 Å². The Morgan fingerprint density at radius 1 is 1.15 bits per heavy atom. The van der Waals surface area contributed by atoms with Crippen molar-refractivity contribution in [3.8, 4) is 11.5 Å². The fourth-order valence-corrected chi connectivity index (χ4v) is 2.12. The van der Waals surface area contributed by atoms with Crippen molar-refractivity contribution in [1.29, 1.82) is 0 Å². The molecule has 0 saturated carbocycles. The van der Waals surface area contributed by atoms with Crippen LogP contribution in [0.25, 0.3) is 6.08 Å². The maximum absolute atomic E-state index is 11.4. The molecule has 0 unspecified atom stereocenters. The Hall–Kier alpha value is -3.22. The molecule has 1 N–H and O–H groups in total. The number of hydrogen-bond donors (Lipinski definition) is 1. The number of furan rings is 1. The molecule has 26 heavy (non-hydrogen) atoms. The third-order valence-electron chi connectivity index (χ3n) is 3.39. The van der Waals surface area contributed by atoms with E-state index in [4.69, 9.17) is 13.9 Å². The predicted molar refractivity (Wildman–Crippen MR) is 95.1 cm³/mol. The van der Waals surface area contributed by atoms with Gasteiger partial charge in [-0.05, 0) is 29.8 Å². The summed E-state index contributed by atoms with van der Waals surface area (Å²) in [4.78, 5) is 22.2. The summed E-state index contributed by atoms with van der Waals surface area (Å²) >= 11 is 0. The summed E-state index contributed by atoms with van der Waals surface area (Å²) < 4.78 is 21.0. The van der Waals surface area contributed by atoms with Crippen molar-refractivity contribution in [2.24, 2.45) is 0 Å². The highest BCUT2D eigenvalue weighted by Crippen LogP contribution is 2.29. The van der Waals surface area contributed by atoms with Crippen molar-refractivity contribution < 1.29 is 28.2 Å². The van der Waals surface area contributed by atoms with Crippen LogP contribution in [-0.4, -0.2) is 32.6 Å². The van der Waals surface area contributed by atoms with E-state index in [1.54, 1.807) is 19.2 Å². The zero-order chi connectivity index (χ0) is 18.9. The highest BCUT2D eigenvalue weighted by atomic mass is 16.5. The average molecular weight is 359 g/mol. The lowest BCUT2D eigenvalue weighted by Crippen LogP contribution is -2.19. The second-order valence-corrected chi connectivity index (χ2v) is 5.30. The average Bonchev–Trinajstić information content (AvgIpc) is 3.12. The summed E-state index contributed by atoms with van der Waals surface area (Å²) in [6.07, 6.45) is 3.71. The van der Waals surface area contributed by atoms with Crippen LogP contribution >= 0.6 is 0 Å². The van der Waals surface area contributed by atoms with E-state index in [1.165, 1.54) is 20.1 Å². The van der Waals surface area contributed by atoms with Gasteiger partial charge in [-0.25, -0.2) is 4.79 Å². The van der Waals surface area contributed by atoms with Crippen molar-refractivity contribution in [3.63, 3.8) is 0 Å². The molecule has 0 saturated heterocycles. The van der Waals surface area contributed by atoms with Gasteiger partial charge in [-0.15, -0.1) is 0 Å². The van der Waals surface area contributed by atoms with Crippen LogP contribution in [0.3, 0.4) is 0 Å². The topological polar surface area (TPSA) is 87.0 Å². The molecule has 0 atom stereocenters. The number of rotatable bonds is 8. The molecule has 0 aliphatic heterocycles. The lowest BCUT2D eigenvalue weighted by atomic mass is 10.2. The first-order valence-corrected chi connectivity index (χ1v) is 7.92. The Balaban J connectivity index is 1.99. The van der Waals surface area contributed by atoms with Gasteiger partial charge in [0.2, 0.25) is 11.7 Å². The fraction of sp³-hybridized carbons (Fsp3) is 0.263. The lowest BCUT2D eigenvalue weighted by molar-refractivity contribution is -0.118. The Bertz CT molecular complexity index is 793. The normalized spacial score (nSPS) is 10.6. The Kier molecular flexibility index (Phi) is 6.84. The molecule has 138 valence electrons. The molecule has 2 rings (SSSR count). The highest BCUT2D eigenvalue weighted by Gasteiger charge is 2.12. The summed E-state index contributed by atoms with van der Waals surface area (Å²) in [5.74, 6) is 1.10. The number of carbonyl (C=O) groups excluding carboxylic acids is 2. The molecule has 0 radical (unpaired) electrons. The quantitative estimate of drug-likeness (QED) is 0.729. The SMILES string of the molecule is COC(=O)c1ccc(COc2ccc(C=CCNC(C)=O)cc2OC)o1. The second kappa shape index (κ2) is 9.31. The molecular weight excluding hydrogens is 338 g/mol. The summed E-state index contributed by atoms with van der Waals surface area (Å²) in [6, 6.07) is 8.65. The number of ether oxygens (including phenoxy) is 3. The van der Waals surface area contributed by atoms with Gasteiger partial charge in [0.05, 0.1) is 14.2 Å². The van der Waals surface area contributed by atoms with E-state index in [9.17, 15) is 9.59 Å². The minimum absolute atomic E-state index is 0.0794. The predicted octanol–water partition coefficient (Wildman–Crippen LogP) is 2.80. The molecule has 1 heterocycles. The Morgan fingerprint density at radius 2 is 1.96 bits per heavy atom. The number of hydrogen-bond acceptors (Lipinski definition) is 6. The van der Waals surface area contributed by atoms with Crippen LogP contribution in [0.5, 0.6) is 11.5 Å². The molecule has 0 fully saturated rings. The Morgan fingerprint density at radius 3 is 2.65 bits per heavy atom.